The van der Waals surface area contributed by atoms with Crippen LogP contribution in [0.3, 0.4) is 0 Å². The van der Waals surface area contributed by atoms with Crippen molar-refractivity contribution < 1.29 is 17.2 Å². The molecule has 0 spiro atoms. The maximum Gasteiger partial charge on any atom is 0.397 e. The van der Waals surface area contributed by atoms with Gasteiger partial charge in [0.25, 0.3) is 0 Å². The highest BCUT2D eigenvalue weighted by molar-refractivity contribution is 7.80. The minimum Gasteiger partial charge on any atom is -0.264 e. The molecule has 0 aromatic carbocycles. The highest BCUT2D eigenvalue weighted by atomic mass is 32.3. The molecule has 0 aliphatic carbocycles. The van der Waals surface area contributed by atoms with Crippen LogP contribution in [0.15, 0.2) is 0 Å². The first-order valence-corrected chi connectivity index (χ1v) is 10.0. The van der Waals surface area contributed by atoms with Gasteiger partial charge in [-0.25, -0.2) is 4.18 Å². The Bertz CT molecular complexity index is 301. The predicted molar refractivity (Wildman–Crippen MR) is 87.8 cm³/mol. The number of rotatable bonds is 16. The Morgan fingerprint density at radius 1 is 0.667 bits per heavy atom. The highest BCUT2D eigenvalue weighted by Gasteiger charge is 2.02. The number of hydrogen-bond donors (Lipinski definition) is 1. The molecule has 128 valence electrons. The quantitative estimate of drug-likeness (QED) is 0.310. The molecular formula is C16H34O4S. The van der Waals surface area contributed by atoms with Crippen molar-refractivity contribution in [1.29, 1.82) is 0 Å². The van der Waals surface area contributed by atoms with Gasteiger partial charge in [-0.05, 0) is 6.42 Å². The van der Waals surface area contributed by atoms with Gasteiger partial charge in [-0.3, -0.25) is 4.55 Å². The molecule has 5 heteroatoms. The Morgan fingerprint density at radius 2 is 1.00 bits per heavy atom. The standard InChI is InChI=1S/C16H34O4S/c1-2-3-4-5-6-7-8-9-10-11-12-13-14-15-16-20-21(17,18)19/h2-16H2,1H3,(H,17,18,19). The molecule has 0 aromatic rings. The van der Waals surface area contributed by atoms with E-state index in [4.69, 9.17) is 4.55 Å². The molecule has 0 saturated heterocycles. The van der Waals surface area contributed by atoms with E-state index >= 15 is 0 Å². The van der Waals surface area contributed by atoms with Gasteiger partial charge in [-0.15, -0.1) is 0 Å². The fraction of sp³-hybridized carbons (Fsp3) is 1.00. The third-order valence-electron chi connectivity index (χ3n) is 3.73. The Morgan fingerprint density at radius 3 is 1.33 bits per heavy atom. The van der Waals surface area contributed by atoms with Crippen LogP contribution < -0.4 is 0 Å². The van der Waals surface area contributed by atoms with E-state index in [0.717, 1.165) is 12.8 Å². The van der Waals surface area contributed by atoms with Crippen LogP contribution in [0.25, 0.3) is 0 Å². The smallest absolute Gasteiger partial charge is 0.264 e. The summed E-state index contributed by atoms with van der Waals surface area (Å²) in [5.41, 5.74) is 0. The summed E-state index contributed by atoms with van der Waals surface area (Å²) in [7, 11) is -4.24. The number of hydrogen-bond acceptors (Lipinski definition) is 3. The van der Waals surface area contributed by atoms with E-state index in [0.29, 0.717) is 6.42 Å². The lowest BCUT2D eigenvalue weighted by Gasteiger charge is -2.03. The second kappa shape index (κ2) is 14.8. The van der Waals surface area contributed by atoms with Gasteiger partial charge in [0.15, 0.2) is 0 Å². The summed E-state index contributed by atoms with van der Waals surface area (Å²) >= 11 is 0. The van der Waals surface area contributed by atoms with Gasteiger partial charge in [0.05, 0.1) is 6.61 Å². The van der Waals surface area contributed by atoms with Gasteiger partial charge in [0, 0.05) is 0 Å². The van der Waals surface area contributed by atoms with E-state index in [1.807, 2.05) is 0 Å². The minimum absolute atomic E-state index is 0.0941. The van der Waals surface area contributed by atoms with Crippen molar-refractivity contribution >= 4 is 10.4 Å². The van der Waals surface area contributed by atoms with Gasteiger partial charge < -0.3 is 0 Å². The molecule has 0 heterocycles. The Balaban J connectivity index is 3.03. The van der Waals surface area contributed by atoms with Crippen molar-refractivity contribution in [3.05, 3.63) is 0 Å². The SMILES string of the molecule is CCCCCCCCCCCCCCCCOS(=O)(=O)O. The molecule has 0 aromatic heterocycles. The van der Waals surface area contributed by atoms with Crippen molar-refractivity contribution in [3.63, 3.8) is 0 Å². The van der Waals surface area contributed by atoms with E-state index in [2.05, 4.69) is 11.1 Å². The van der Waals surface area contributed by atoms with Gasteiger partial charge in [-0.2, -0.15) is 8.42 Å². The van der Waals surface area contributed by atoms with E-state index in [1.165, 1.54) is 70.6 Å². The van der Waals surface area contributed by atoms with Gasteiger partial charge >= 0.3 is 10.4 Å². The van der Waals surface area contributed by atoms with Crippen LogP contribution in [-0.2, 0) is 14.6 Å². The lowest BCUT2D eigenvalue weighted by molar-refractivity contribution is 0.261. The zero-order valence-corrected chi connectivity index (χ0v) is 14.5. The largest absolute Gasteiger partial charge is 0.397 e. The lowest BCUT2D eigenvalue weighted by atomic mass is 10.0. The van der Waals surface area contributed by atoms with E-state index in [-0.39, 0.29) is 6.61 Å². The molecule has 0 unspecified atom stereocenters. The summed E-state index contributed by atoms with van der Waals surface area (Å²) in [6.07, 6.45) is 17.6. The molecule has 0 rings (SSSR count). The van der Waals surface area contributed by atoms with Gasteiger partial charge in [0.2, 0.25) is 0 Å². The molecule has 0 aliphatic rings. The monoisotopic (exact) mass is 322 g/mol. The topological polar surface area (TPSA) is 63.6 Å². The van der Waals surface area contributed by atoms with Crippen LogP contribution in [0.2, 0.25) is 0 Å². The predicted octanol–water partition coefficient (Wildman–Crippen LogP) is 5.29. The van der Waals surface area contributed by atoms with Crippen LogP contribution in [0.4, 0.5) is 0 Å². The first-order chi connectivity index (χ1) is 10.1. The van der Waals surface area contributed by atoms with Gasteiger partial charge in [-0.1, -0.05) is 90.4 Å². The summed E-state index contributed by atoms with van der Waals surface area (Å²) in [6.45, 7) is 2.35. The highest BCUT2D eigenvalue weighted by Crippen LogP contribution is 2.12. The van der Waals surface area contributed by atoms with Gasteiger partial charge in [0.1, 0.15) is 0 Å². The Hall–Kier alpha value is -0.130. The van der Waals surface area contributed by atoms with Crippen LogP contribution in [0, 0.1) is 0 Å². The molecule has 4 nitrogen and oxygen atoms in total. The van der Waals surface area contributed by atoms with Crippen molar-refractivity contribution in [2.24, 2.45) is 0 Å². The zero-order valence-electron chi connectivity index (χ0n) is 13.7. The van der Waals surface area contributed by atoms with Crippen LogP contribution in [0.1, 0.15) is 96.8 Å². The first-order valence-electron chi connectivity index (χ1n) is 8.68. The molecule has 0 amide bonds. The summed E-state index contributed by atoms with van der Waals surface area (Å²) in [4.78, 5) is 0. The normalized spacial score (nSPS) is 11.9. The average Bonchev–Trinajstić information content (AvgIpc) is 2.42. The molecule has 0 radical (unpaired) electrons. The van der Waals surface area contributed by atoms with Crippen LogP contribution in [0.5, 0.6) is 0 Å². The molecule has 21 heavy (non-hydrogen) atoms. The molecule has 0 bridgehead atoms. The zero-order chi connectivity index (χ0) is 15.8. The molecule has 0 fully saturated rings. The second-order valence-electron chi connectivity index (χ2n) is 5.85. The number of unbranched alkanes of at least 4 members (excludes halogenated alkanes) is 13. The third-order valence-corrected chi connectivity index (χ3v) is 4.19. The molecule has 0 aliphatic heterocycles. The summed E-state index contributed by atoms with van der Waals surface area (Å²) < 4.78 is 33.2. The fourth-order valence-electron chi connectivity index (χ4n) is 2.46. The summed E-state index contributed by atoms with van der Waals surface area (Å²) in [5.74, 6) is 0. The van der Waals surface area contributed by atoms with Crippen molar-refractivity contribution in [1.82, 2.24) is 0 Å². The molecule has 0 atom stereocenters. The lowest BCUT2D eigenvalue weighted by Crippen LogP contribution is -2.04. The minimum atomic E-state index is -4.24. The van der Waals surface area contributed by atoms with Crippen molar-refractivity contribution in [2.45, 2.75) is 96.8 Å². The summed E-state index contributed by atoms with van der Waals surface area (Å²) in [5, 5.41) is 0. The Labute approximate surface area is 131 Å². The van der Waals surface area contributed by atoms with Crippen LogP contribution in [-0.4, -0.2) is 19.6 Å². The fourth-order valence-corrected chi connectivity index (χ4v) is 2.79. The Kier molecular flexibility index (Phi) is 14.7. The van der Waals surface area contributed by atoms with Crippen molar-refractivity contribution in [2.75, 3.05) is 6.61 Å². The maximum absolute atomic E-state index is 10.3. The maximum atomic E-state index is 10.3. The van der Waals surface area contributed by atoms with E-state index in [9.17, 15) is 8.42 Å². The van der Waals surface area contributed by atoms with Crippen LogP contribution >= 0.6 is 0 Å². The summed E-state index contributed by atoms with van der Waals surface area (Å²) in [6, 6.07) is 0. The first kappa shape index (κ1) is 20.9. The average molecular weight is 323 g/mol. The van der Waals surface area contributed by atoms with E-state index in [1.54, 1.807) is 0 Å². The van der Waals surface area contributed by atoms with E-state index < -0.39 is 10.4 Å². The van der Waals surface area contributed by atoms with Crippen molar-refractivity contribution in [3.8, 4) is 0 Å². The molecule has 1 N–H and O–H groups in total. The molecule has 0 saturated carbocycles. The third kappa shape index (κ3) is 19.9. The second-order valence-corrected chi connectivity index (χ2v) is 6.94. The molecular weight excluding hydrogens is 288 g/mol.